The number of carbonyl (C=O) groups excluding carboxylic acids is 2. The van der Waals surface area contributed by atoms with Crippen molar-refractivity contribution in [2.45, 2.75) is 12.8 Å². The van der Waals surface area contributed by atoms with Crippen LogP contribution in [0.25, 0.3) is 0 Å². The van der Waals surface area contributed by atoms with E-state index in [4.69, 9.17) is 23.2 Å². The molecule has 0 aliphatic heterocycles. The minimum absolute atomic E-state index is 0.214. The molecule has 2 rings (SSSR count). The van der Waals surface area contributed by atoms with E-state index in [1.807, 2.05) is 18.2 Å². The zero-order valence-corrected chi connectivity index (χ0v) is 13.9. The predicted octanol–water partition coefficient (Wildman–Crippen LogP) is 4.35. The molecule has 0 aliphatic carbocycles. The molecule has 0 unspecified atom stereocenters. The fraction of sp³-hybridized carbons (Fsp3) is 0.176. The Morgan fingerprint density at radius 2 is 1.83 bits per heavy atom. The van der Waals surface area contributed by atoms with Gasteiger partial charge in [0, 0.05) is 11.4 Å². The van der Waals surface area contributed by atoms with Gasteiger partial charge in [-0.25, -0.2) is 4.79 Å². The molecule has 6 heteroatoms. The van der Waals surface area contributed by atoms with Crippen LogP contribution in [0.1, 0.15) is 22.3 Å². The zero-order chi connectivity index (χ0) is 16.8. The van der Waals surface area contributed by atoms with E-state index >= 15 is 0 Å². The van der Waals surface area contributed by atoms with Gasteiger partial charge in [0.15, 0.2) is 0 Å². The maximum atomic E-state index is 12.1. The molecule has 0 bridgehead atoms. The number of esters is 1. The zero-order valence-electron chi connectivity index (χ0n) is 12.4. The molecule has 2 aromatic carbocycles. The van der Waals surface area contributed by atoms with Crippen molar-refractivity contribution in [3.8, 4) is 0 Å². The summed E-state index contributed by atoms with van der Waals surface area (Å²) in [6.07, 6.45) is 0.766. The lowest BCUT2D eigenvalue weighted by Crippen LogP contribution is -2.13. The number of benzene rings is 2. The Bertz CT molecular complexity index is 732. The summed E-state index contributed by atoms with van der Waals surface area (Å²) < 4.78 is 4.65. The standard InChI is InChI=1S/C17H15Cl2NO3/c1-23-17(22)12-6-8-14(19)15(10-12)20-16(21)9-7-11-4-2-3-5-13(11)18/h2-6,8,10H,7,9H2,1H3,(H,20,21). The molecule has 0 fully saturated rings. The van der Waals surface area contributed by atoms with Crippen LogP contribution in [0.15, 0.2) is 42.5 Å². The van der Waals surface area contributed by atoms with Crippen LogP contribution in [0.2, 0.25) is 10.0 Å². The SMILES string of the molecule is COC(=O)c1ccc(Cl)c(NC(=O)CCc2ccccc2Cl)c1. The van der Waals surface area contributed by atoms with E-state index in [1.165, 1.54) is 25.3 Å². The Hall–Kier alpha value is -2.04. The maximum Gasteiger partial charge on any atom is 0.337 e. The van der Waals surface area contributed by atoms with Crippen molar-refractivity contribution in [3.63, 3.8) is 0 Å². The first-order valence-corrected chi connectivity index (χ1v) is 7.68. The fourth-order valence-corrected chi connectivity index (χ4v) is 2.42. The number of ether oxygens (including phenoxy) is 1. The summed E-state index contributed by atoms with van der Waals surface area (Å²) in [6, 6.07) is 11.9. The summed E-state index contributed by atoms with van der Waals surface area (Å²) in [7, 11) is 1.29. The number of rotatable bonds is 5. The first kappa shape index (κ1) is 17.3. The number of hydrogen-bond acceptors (Lipinski definition) is 3. The highest BCUT2D eigenvalue weighted by molar-refractivity contribution is 6.34. The summed E-state index contributed by atoms with van der Waals surface area (Å²) in [5, 5.41) is 3.68. The number of nitrogens with one attached hydrogen (secondary N) is 1. The van der Waals surface area contributed by atoms with E-state index < -0.39 is 5.97 Å². The van der Waals surface area contributed by atoms with Crippen molar-refractivity contribution >= 4 is 40.8 Å². The van der Waals surface area contributed by atoms with Gasteiger partial charge in [-0.1, -0.05) is 41.4 Å². The minimum Gasteiger partial charge on any atom is -0.465 e. The van der Waals surface area contributed by atoms with Crippen molar-refractivity contribution < 1.29 is 14.3 Å². The van der Waals surface area contributed by atoms with Crippen molar-refractivity contribution in [2.75, 3.05) is 12.4 Å². The number of anilines is 1. The quantitative estimate of drug-likeness (QED) is 0.814. The van der Waals surface area contributed by atoms with Crippen LogP contribution in [0.4, 0.5) is 5.69 Å². The van der Waals surface area contributed by atoms with Gasteiger partial charge in [0.05, 0.1) is 23.4 Å². The van der Waals surface area contributed by atoms with Crippen LogP contribution in [0, 0.1) is 0 Å². The summed E-state index contributed by atoms with van der Waals surface area (Å²) in [5.41, 5.74) is 1.59. The minimum atomic E-state index is -0.492. The highest BCUT2D eigenvalue weighted by atomic mass is 35.5. The third kappa shape index (κ3) is 4.71. The highest BCUT2D eigenvalue weighted by Gasteiger charge is 2.11. The van der Waals surface area contributed by atoms with Crippen LogP contribution in [0.5, 0.6) is 0 Å². The number of halogens is 2. The molecule has 1 amide bonds. The molecule has 4 nitrogen and oxygen atoms in total. The van der Waals surface area contributed by atoms with Crippen molar-refractivity contribution in [3.05, 3.63) is 63.6 Å². The predicted molar refractivity (Wildman–Crippen MR) is 91.2 cm³/mol. The van der Waals surface area contributed by atoms with E-state index in [2.05, 4.69) is 10.1 Å². The van der Waals surface area contributed by atoms with Crippen molar-refractivity contribution in [2.24, 2.45) is 0 Å². The van der Waals surface area contributed by atoms with E-state index in [0.29, 0.717) is 27.7 Å². The second-order valence-corrected chi connectivity index (χ2v) is 5.64. The molecule has 2 aromatic rings. The highest BCUT2D eigenvalue weighted by Crippen LogP contribution is 2.24. The Morgan fingerprint density at radius 1 is 1.09 bits per heavy atom. The number of aryl methyl sites for hydroxylation is 1. The Labute approximate surface area is 144 Å². The molecule has 23 heavy (non-hydrogen) atoms. The third-order valence-corrected chi connectivity index (χ3v) is 3.94. The summed E-state index contributed by atoms with van der Waals surface area (Å²) in [5.74, 6) is -0.706. The second kappa shape index (κ2) is 7.99. The molecule has 0 atom stereocenters. The van der Waals surface area contributed by atoms with Gasteiger partial charge >= 0.3 is 5.97 Å². The maximum absolute atomic E-state index is 12.1. The monoisotopic (exact) mass is 351 g/mol. The lowest BCUT2D eigenvalue weighted by atomic mass is 10.1. The molecular formula is C17H15Cl2NO3. The smallest absolute Gasteiger partial charge is 0.337 e. The Morgan fingerprint density at radius 3 is 2.52 bits per heavy atom. The summed E-state index contributed by atoms with van der Waals surface area (Å²) >= 11 is 12.1. The molecule has 0 aliphatic rings. The van der Waals surface area contributed by atoms with Gasteiger partial charge in [-0.15, -0.1) is 0 Å². The average Bonchev–Trinajstić information content (AvgIpc) is 2.55. The molecule has 0 radical (unpaired) electrons. The van der Waals surface area contributed by atoms with E-state index in [0.717, 1.165) is 5.56 Å². The molecule has 0 saturated heterocycles. The molecular weight excluding hydrogens is 337 g/mol. The van der Waals surface area contributed by atoms with Crippen LogP contribution in [-0.2, 0) is 16.0 Å². The molecule has 120 valence electrons. The number of amides is 1. The Kier molecular flexibility index (Phi) is 6.02. The summed E-state index contributed by atoms with van der Waals surface area (Å²) in [4.78, 5) is 23.6. The lowest BCUT2D eigenvalue weighted by molar-refractivity contribution is -0.116. The number of hydrogen-bond donors (Lipinski definition) is 1. The summed E-state index contributed by atoms with van der Waals surface area (Å²) in [6.45, 7) is 0. The van der Waals surface area contributed by atoms with Crippen LogP contribution in [0.3, 0.4) is 0 Å². The second-order valence-electron chi connectivity index (χ2n) is 4.83. The third-order valence-electron chi connectivity index (χ3n) is 3.24. The first-order valence-electron chi connectivity index (χ1n) is 6.92. The molecule has 0 spiro atoms. The number of methoxy groups -OCH3 is 1. The van der Waals surface area contributed by atoms with E-state index in [-0.39, 0.29) is 12.3 Å². The average molecular weight is 352 g/mol. The molecule has 1 N–H and O–H groups in total. The molecule has 0 aromatic heterocycles. The van der Waals surface area contributed by atoms with Gasteiger partial charge in [0.1, 0.15) is 0 Å². The van der Waals surface area contributed by atoms with Crippen LogP contribution < -0.4 is 5.32 Å². The van der Waals surface area contributed by atoms with Crippen LogP contribution >= 0.6 is 23.2 Å². The van der Waals surface area contributed by atoms with Gasteiger partial charge in [0.25, 0.3) is 0 Å². The van der Waals surface area contributed by atoms with Crippen molar-refractivity contribution in [1.82, 2.24) is 0 Å². The normalized spacial score (nSPS) is 10.2. The topological polar surface area (TPSA) is 55.4 Å². The Balaban J connectivity index is 2.02. The fourth-order valence-electron chi connectivity index (χ4n) is 2.03. The largest absolute Gasteiger partial charge is 0.465 e. The van der Waals surface area contributed by atoms with Crippen molar-refractivity contribution in [1.29, 1.82) is 0 Å². The van der Waals surface area contributed by atoms with E-state index in [9.17, 15) is 9.59 Å². The van der Waals surface area contributed by atoms with Gasteiger partial charge < -0.3 is 10.1 Å². The first-order chi connectivity index (χ1) is 11.0. The number of carbonyl (C=O) groups is 2. The van der Waals surface area contributed by atoms with Gasteiger partial charge in [0.2, 0.25) is 5.91 Å². The lowest BCUT2D eigenvalue weighted by Gasteiger charge is -2.09. The van der Waals surface area contributed by atoms with E-state index in [1.54, 1.807) is 6.07 Å². The molecule has 0 saturated carbocycles. The molecule has 0 heterocycles. The van der Waals surface area contributed by atoms with Gasteiger partial charge in [-0.3, -0.25) is 4.79 Å². The van der Waals surface area contributed by atoms with Crippen LogP contribution in [-0.4, -0.2) is 19.0 Å². The van der Waals surface area contributed by atoms with Gasteiger partial charge in [-0.2, -0.15) is 0 Å². The van der Waals surface area contributed by atoms with Gasteiger partial charge in [-0.05, 0) is 36.2 Å².